The van der Waals surface area contributed by atoms with Gasteiger partial charge in [-0.2, -0.15) is 0 Å². The van der Waals surface area contributed by atoms with E-state index < -0.39 is 5.97 Å². The number of hydrogen-bond donors (Lipinski definition) is 3. The maximum atomic E-state index is 13.4. The van der Waals surface area contributed by atoms with Gasteiger partial charge in [0, 0.05) is 41.0 Å². The third-order valence-electron chi connectivity index (χ3n) is 7.22. The minimum atomic E-state index is -0.520. The average molecular weight is 450 g/mol. The van der Waals surface area contributed by atoms with Crippen LogP contribution in [-0.4, -0.2) is 47.7 Å². The van der Waals surface area contributed by atoms with Gasteiger partial charge in [-0.3, -0.25) is 9.59 Å². The molecule has 8 nitrogen and oxygen atoms in total. The molecule has 1 saturated heterocycles. The Hall–Kier alpha value is -3.39. The second-order valence-corrected chi connectivity index (χ2v) is 9.39. The molecule has 0 radical (unpaired) electrons. The van der Waals surface area contributed by atoms with Gasteiger partial charge in [0.1, 0.15) is 5.69 Å². The molecule has 2 aliphatic heterocycles. The van der Waals surface area contributed by atoms with E-state index in [9.17, 15) is 14.4 Å². The van der Waals surface area contributed by atoms with Crippen molar-refractivity contribution >= 4 is 28.5 Å². The highest BCUT2D eigenvalue weighted by molar-refractivity contribution is 6.11. The minimum absolute atomic E-state index is 0.0569. The van der Waals surface area contributed by atoms with Gasteiger partial charge in [-0.25, -0.2) is 4.79 Å². The summed E-state index contributed by atoms with van der Waals surface area (Å²) in [7, 11) is 1.33. The number of aromatic nitrogens is 2. The normalized spacial score (nSPS) is 22.5. The van der Waals surface area contributed by atoms with E-state index in [0.717, 1.165) is 41.7 Å². The molecule has 2 aliphatic rings. The number of carbonyl (C=O) groups excluding carboxylic acids is 2. The van der Waals surface area contributed by atoms with Crippen LogP contribution in [0, 0.1) is 12.8 Å². The first-order valence-electron chi connectivity index (χ1n) is 11.4. The fourth-order valence-electron chi connectivity index (χ4n) is 5.51. The summed E-state index contributed by atoms with van der Waals surface area (Å²) in [6, 6.07) is 11.0. The summed E-state index contributed by atoms with van der Waals surface area (Å²) in [6.45, 7) is 6.24. The lowest BCUT2D eigenvalue weighted by atomic mass is 9.82. The standard InChI is InChI=1S/C25H28N4O4/c1-14-7-8-19-18(9-14)22(23(26-19)25(32)33-3)27-24(31)15(2)28-11-16-10-17(13-28)20-5-4-6-21(30)29(20)12-16/h4-9,15-17,26H,10-13H2,1-3H3,(H,27,31)/p+1/t15-,16-,17+/m0/s1. The number of nitrogens with one attached hydrogen (secondary N) is 3. The number of carbonyl (C=O) groups is 2. The van der Waals surface area contributed by atoms with Gasteiger partial charge in [-0.1, -0.05) is 17.7 Å². The summed E-state index contributed by atoms with van der Waals surface area (Å²) in [5.74, 6) is -0.0299. The number of hydrogen-bond acceptors (Lipinski definition) is 4. The van der Waals surface area contributed by atoms with Crippen molar-refractivity contribution in [3.05, 3.63) is 63.7 Å². The fourth-order valence-corrected chi connectivity index (χ4v) is 5.51. The van der Waals surface area contributed by atoms with Crippen LogP contribution in [0.2, 0.25) is 0 Å². The molecule has 5 rings (SSSR count). The molecule has 2 aromatic heterocycles. The SMILES string of the molecule is COC(=O)c1[nH]c2ccc(C)cc2c1NC(=O)[C@H](C)[NH+]1C[C@@H]2C[C@H](C1)c1cccc(=O)n1C2. The first-order chi connectivity index (χ1) is 15.9. The lowest BCUT2D eigenvalue weighted by Crippen LogP contribution is -3.18. The maximum Gasteiger partial charge on any atom is 0.356 e. The topological polar surface area (TPSA) is 97.6 Å². The Morgan fingerprint density at radius 1 is 1.24 bits per heavy atom. The van der Waals surface area contributed by atoms with Crippen molar-refractivity contribution in [2.75, 3.05) is 25.5 Å². The summed E-state index contributed by atoms with van der Waals surface area (Å²) in [5.41, 5.74) is 3.64. The highest BCUT2D eigenvalue weighted by Gasteiger charge is 2.40. The van der Waals surface area contributed by atoms with Gasteiger partial charge >= 0.3 is 5.97 Å². The quantitative estimate of drug-likeness (QED) is 0.525. The molecule has 0 spiro atoms. The van der Waals surface area contributed by atoms with Gasteiger partial charge in [0.05, 0.1) is 25.9 Å². The molecule has 0 saturated carbocycles. The Kier molecular flexibility index (Phi) is 5.32. The zero-order valence-electron chi connectivity index (χ0n) is 19.1. The number of fused-ring (bicyclic) bond motifs is 5. The number of quaternary nitrogens is 1. The molecule has 4 heterocycles. The minimum Gasteiger partial charge on any atom is -0.464 e. The van der Waals surface area contributed by atoms with E-state index in [-0.39, 0.29) is 29.1 Å². The van der Waals surface area contributed by atoms with Gasteiger partial charge in [-0.05, 0) is 38.5 Å². The van der Waals surface area contributed by atoms with E-state index in [1.54, 1.807) is 6.07 Å². The number of piperidine rings is 1. The summed E-state index contributed by atoms with van der Waals surface area (Å²) in [6.07, 6.45) is 1.05. The number of methoxy groups -OCH3 is 1. The van der Waals surface area contributed by atoms with Crippen molar-refractivity contribution in [2.45, 2.75) is 38.8 Å². The van der Waals surface area contributed by atoms with Crippen LogP contribution in [0.5, 0.6) is 0 Å². The largest absolute Gasteiger partial charge is 0.464 e. The second kappa shape index (κ2) is 8.19. The van der Waals surface area contributed by atoms with Crippen molar-refractivity contribution in [1.82, 2.24) is 9.55 Å². The Labute approximate surface area is 191 Å². The Morgan fingerprint density at radius 2 is 2.06 bits per heavy atom. The number of benzene rings is 1. The van der Waals surface area contributed by atoms with Crippen LogP contribution >= 0.6 is 0 Å². The van der Waals surface area contributed by atoms with Crippen molar-refractivity contribution < 1.29 is 19.2 Å². The van der Waals surface area contributed by atoms with E-state index in [1.807, 2.05) is 48.7 Å². The Balaban J connectivity index is 1.40. The predicted octanol–water partition coefficient (Wildman–Crippen LogP) is 1.45. The predicted molar refractivity (Wildman–Crippen MR) is 125 cm³/mol. The zero-order chi connectivity index (χ0) is 23.3. The number of ether oxygens (including phenoxy) is 1. The second-order valence-electron chi connectivity index (χ2n) is 9.39. The number of anilines is 1. The maximum absolute atomic E-state index is 13.4. The van der Waals surface area contributed by atoms with Gasteiger partial charge in [-0.15, -0.1) is 0 Å². The first-order valence-corrected chi connectivity index (χ1v) is 11.4. The van der Waals surface area contributed by atoms with E-state index in [2.05, 4.69) is 10.3 Å². The molecule has 1 amide bonds. The third-order valence-corrected chi connectivity index (χ3v) is 7.22. The Bertz CT molecular complexity index is 1310. The molecule has 33 heavy (non-hydrogen) atoms. The van der Waals surface area contributed by atoms with Crippen LogP contribution in [-0.2, 0) is 16.1 Å². The number of esters is 1. The molecule has 1 fully saturated rings. The van der Waals surface area contributed by atoms with Crippen LogP contribution in [0.25, 0.3) is 10.9 Å². The highest BCUT2D eigenvalue weighted by Crippen LogP contribution is 2.31. The molecule has 3 aromatic rings. The van der Waals surface area contributed by atoms with Crippen LogP contribution in [0.15, 0.2) is 41.2 Å². The number of nitrogens with zero attached hydrogens (tertiary/aromatic N) is 1. The molecule has 4 atom stereocenters. The number of rotatable bonds is 4. The van der Waals surface area contributed by atoms with Gasteiger partial charge in [0.15, 0.2) is 6.04 Å². The van der Waals surface area contributed by atoms with Crippen molar-refractivity contribution in [1.29, 1.82) is 0 Å². The van der Waals surface area contributed by atoms with E-state index in [0.29, 0.717) is 18.2 Å². The molecule has 2 bridgehead atoms. The number of aryl methyl sites for hydroxylation is 1. The summed E-state index contributed by atoms with van der Waals surface area (Å²) >= 11 is 0. The molecule has 3 N–H and O–H groups in total. The molecular weight excluding hydrogens is 420 g/mol. The molecule has 0 aliphatic carbocycles. The number of pyridine rings is 1. The highest BCUT2D eigenvalue weighted by atomic mass is 16.5. The number of aromatic amines is 1. The van der Waals surface area contributed by atoms with Crippen LogP contribution in [0.3, 0.4) is 0 Å². The van der Waals surface area contributed by atoms with Crippen LogP contribution in [0.1, 0.15) is 41.0 Å². The smallest absolute Gasteiger partial charge is 0.356 e. The lowest BCUT2D eigenvalue weighted by Gasteiger charge is -2.42. The summed E-state index contributed by atoms with van der Waals surface area (Å²) in [4.78, 5) is 42.3. The van der Waals surface area contributed by atoms with Crippen molar-refractivity contribution in [3.8, 4) is 0 Å². The van der Waals surface area contributed by atoms with Gasteiger partial charge < -0.3 is 24.5 Å². The molecule has 1 unspecified atom stereocenters. The van der Waals surface area contributed by atoms with Crippen molar-refractivity contribution in [2.24, 2.45) is 5.92 Å². The van der Waals surface area contributed by atoms with E-state index in [1.165, 1.54) is 12.0 Å². The van der Waals surface area contributed by atoms with Gasteiger partial charge in [0.25, 0.3) is 11.5 Å². The zero-order valence-corrected chi connectivity index (χ0v) is 19.1. The van der Waals surface area contributed by atoms with E-state index in [4.69, 9.17) is 4.74 Å². The molecule has 1 aromatic carbocycles. The average Bonchev–Trinajstić information content (AvgIpc) is 3.16. The van der Waals surface area contributed by atoms with Crippen LogP contribution < -0.4 is 15.8 Å². The third kappa shape index (κ3) is 3.74. The summed E-state index contributed by atoms with van der Waals surface area (Å²) < 4.78 is 6.83. The van der Waals surface area contributed by atoms with E-state index >= 15 is 0 Å². The number of H-pyrrole nitrogens is 1. The number of likely N-dealkylation sites (tertiary alicyclic amines) is 1. The van der Waals surface area contributed by atoms with Crippen molar-refractivity contribution in [3.63, 3.8) is 0 Å². The first kappa shape index (κ1) is 21.5. The Morgan fingerprint density at radius 3 is 2.85 bits per heavy atom. The monoisotopic (exact) mass is 449 g/mol. The molecule has 8 heteroatoms. The van der Waals surface area contributed by atoms with Crippen LogP contribution in [0.4, 0.5) is 5.69 Å². The summed E-state index contributed by atoms with van der Waals surface area (Å²) in [5, 5.41) is 3.81. The van der Waals surface area contributed by atoms with Gasteiger partial charge in [0.2, 0.25) is 0 Å². The molecule has 172 valence electrons. The number of amides is 1. The fraction of sp³-hybridized carbons (Fsp3) is 0.400. The molecular formula is C25H29N4O4+. The lowest BCUT2D eigenvalue weighted by molar-refractivity contribution is -0.924.